The van der Waals surface area contributed by atoms with Crippen LogP contribution in [0, 0.1) is 22.5 Å². The van der Waals surface area contributed by atoms with Gasteiger partial charge in [0.15, 0.2) is 0 Å². The molecule has 4 atom stereocenters. The number of ether oxygens (including phenoxy) is 5. The van der Waals surface area contributed by atoms with Gasteiger partial charge in [-0.2, -0.15) is 0 Å². The molecule has 0 spiro atoms. The molecule has 1 heterocycles. The highest BCUT2D eigenvalue weighted by atomic mass is 19.1. The Bertz CT molecular complexity index is 1150. The molecule has 192 valence electrons. The van der Waals surface area contributed by atoms with E-state index in [4.69, 9.17) is 23.7 Å². The van der Waals surface area contributed by atoms with Gasteiger partial charge in [0.2, 0.25) is 11.2 Å². The SMILES string of the molecule is COC(=O)C1(C(=O)OC)C[C@@H](c2ccc(F)cc2)[C@@]2(C(=O)OC)C[C@@H](c3ccc(F)cc3)O[C@@]12OC. The number of carbonyl (C=O) groups excluding carboxylic acids is 3. The number of hydrogen-bond acceptors (Lipinski definition) is 8. The Kier molecular flexibility index (Phi) is 6.61. The largest absolute Gasteiger partial charge is 0.468 e. The molecular formula is C26H26F2O8. The Hall–Kier alpha value is -3.37. The molecule has 2 aromatic rings. The first kappa shape index (κ1) is 25.7. The lowest BCUT2D eigenvalue weighted by molar-refractivity contribution is -0.294. The molecule has 1 aliphatic heterocycles. The molecule has 0 bridgehead atoms. The standard InChI is InChI=1S/C26H26F2O8/c1-32-21(29)24-14-20(16-7-11-18(28)12-8-16)36-26(24,35-4)25(22(30)33-2,23(31)34-3)13-19(24)15-5-9-17(27)10-6-15/h5-12,19-20H,13-14H2,1-4H3/t19-,20-,24+,26+/m0/s1. The van der Waals surface area contributed by atoms with E-state index in [1.54, 1.807) is 0 Å². The van der Waals surface area contributed by atoms with Gasteiger partial charge in [0.05, 0.1) is 27.4 Å². The van der Waals surface area contributed by atoms with Gasteiger partial charge in [0.1, 0.15) is 17.0 Å². The van der Waals surface area contributed by atoms with Gasteiger partial charge in [0, 0.05) is 13.0 Å². The molecule has 0 amide bonds. The highest BCUT2D eigenvalue weighted by Gasteiger charge is 2.87. The van der Waals surface area contributed by atoms with E-state index >= 15 is 0 Å². The maximum atomic E-state index is 13.8. The van der Waals surface area contributed by atoms with Crippen LogP contribution >= 0.6 is 0 Å². The summed E-state index contributed by atoms with van der Waals surface area (Å²) in [6, 6.07) is 10.7. The highest BCUT2D eigenvalue weighted by molar-refractivity contribution is 6.04. The second-order valence-electron chi connectivity index (χ2n) is 8.84. The van der Waals surface area contributed by atoms with E-state index in [-0.39, 0.29) is 12.8 Å². The number of halogens is 2. The van der Waals surface area contributed by atoms with Crippen molar-refractivity contribution in [2.75, 3.05) is 28.4 Å². The van der Waals surface area contributed by atoms with Gasteiger partial charge in [-0.25, -0.2) is 8.78 Å². The Morgan fingerprint density at radius 2 is 1.22 bits per heavy atom. The monoisotopic (exact) mass is 504 g/mol. The fourth-order valence-electron chi connectivity index (χ4n) is 6.02. The average Bonchev–Trinajstić information content (AvgIpc) is 3.38. The first-order chi connectivity index (χ1) is 17.2. The van der Waals surface area contributed by atoms with Crippen molar-refractivity contribution < 1.29 is 46.8 Å². The lowest BCUT2D eigenvalue weighted by Crippen LogP contribution is -2.63. The summed E-state index contributed by atoms with van der Waals surface area (Å²) < 4.78 is 55.1. The van der Waals surface area contributed by atoms with Crippen molar-refractivity contribution in [3.8, 4) is 0 Å². The van der Waals surface area contributed by atoms with E-state index in [2.05, 4.69) is 0 Å². The number of esters is 3. The Labute approximate surface area is 206 Å². The molecule has 1 saturated carbocycles. The Morgan fingerprint density at radius 1 is 0.750 bits per heavy atom. The Morgan fingerprint density at radius 3 is 1.67 bits per heavy atom. The topological polar surface area (TPSA) is 97.4 Å². The van der Waals surface area contributed by atoms with Crippen LogP contribution in [0.4, 0.5) is 8.78 Å². The van der Waals surface area contributed by atoms with E-state index < -0.39 is 58.2 Å². The predicted molar refractivity (Wildman–Crippen MR) is 119 cm³/mol. The fraction of sp³-hybridized carbons (Fsp3) is 0.423. The van der Waals surface area contributed by atoms with E-state index in [0.29, 0.717) is 11.1 Å². The zero-order chi connectivity index (χ0) is 26.3. The molecule has 1 aliphatic carbocycles. The van der Waals surface area contributed by atoms with Crippen LogP contribution in [0.1, 0.15) is 36.0 Å². The van der Waals surface area contributed by atoms with E-state index in [1.165, 1.54) is 62.8 Å². The van der Waals surface area contributed by atoms with Crippen molar-refractivity contribution in [3.05, 3.63) is 71.3 Å². The van der Waals surface area contributed by atoms with Crippen LogP contribution in [0.25, 0.3) is 0 Å². The first-order valence-electron chi connectivity index (χ1n) is 11.2. The predicted octanol–water partition coefficient (Wildman–Crippen LogP) is 3.45. The van der Waals surface area contributed by atoms with Crippen molar-refractivity contribution in [1.29, 1.82) is 0 Å². The molecule has 2 aliphatic rings. The first-order valence-corrected chi connectivity index (χ1v) is 11.2. The van der Waals surface area contributed by atoms with Gasteiger partial charge < -0.3 is 23.7 Å². The van der Waals surface area contributed by atoms with Crippen LogP contribution in [0.2, 0.25) is 0 Å². The van der Waals surface area contributed by atoms with E-state index in [9.17, 15) is 23.2 Å². The summed E-state index contributed by atoms with van der Waals surface area (Å²) in [5.74, 6) is -7.04. The van der Waals surface area contributed by atoms with E-state index in [1.807, 2.05) is 0 Å². The van der Waals surface area contributed by atoms with Crippen molar-refractivity contribution in [2.45, 2.75) is 30.7 Å². The summed E-state index contributed by atoms with van der Waals surface area (Å²) in [4.78, 5) is 40.7. The van der Waals surface area contributed by atoms with Crippen molar-refractivity contribution >= 4 is 17.9 Å². The van der Waals surface area contributed by atoms with Crippen LogP contribution < -0.4 is 0 Å². The summed E-state index contributed by atoms with van der Waals surface area (Å²) in [7, 11) is 4.56. The molecular weight excluding hydrogens is 478 g/mol. The fourth-order valence-corrected chi connectivity index (χ4v) is 6.02. The minimum Gasteiger partial charge on any atom is -0.468 e. The lowest BCUT2D eigenvalue weighted by atomic mass is 9.67. The number of methoxy groups -OCH3 is 4. The van der Waals surface area contributed by atoms with Gasteiger partial charge in [-0.05, 0) is 48.2 Å². The third kappa shape index (κ3) is 3.27. The van der Waals surface area contributed by atoms with Gasteiger partial charge in [-0.1, -0.05) is 24.3 Å². The molecule has 1 saturated heterocycles. The molecule has 8 nitrogen and oxygen atoms in total. The summed E-state index contributed by atoms with van der Waals surface area (Å²) in [5, 5.41) is 0. The van der Waals surface area contributed by atoms with Gasteiger partial charge >= 0.3 is 17.9 Å². The number of hydrogen-bond donors (Lipinski definition) is 0. The van der Waals surface area contributed by atoms with Crippen LogP contribution in [0.15, 0.2) is 48.5 Å². The number of rotatable bonds is 6. The molecule has 2 fully saturated rings. The van der Waals surface area contributed by atoms with Gasteiger partial charge in [-0.3, -0.25) is 14.4 Å². The number of carbonyl (C=O) groups is 3. The summed E-state index contributed by atoms with van der Waals surface area (Å²) in [6.07, 6.45) is -1.32. The number of benzene rings is 2. The molecule has 36 heavy (non-hydrogen) atoms. The summed E-state index contributed by atoms with van der Waals surface area (Å²) >= 11 is 0. The van der Waals surface area contributed by atoms with Crippen molar-refractivity contribution in [1.82, 2.24) is 0 Å². The van der Waals surface area contributed by atoms with Crippen LogP contribution in [-0.2, 0) is 38.1 Å². The lowest BCUT2D eigenvalue weighted by Gasteiger charge is -2.43. The molecule has 0 aromatic heterocycles. The molecule has 0 N–H and O–H groups in total. The van der Waals surface area contributed by atoms with Crippen molar-refractivity contribution in [3.63, 3.8) is 0 Å². The van der Waals surface area contributed by atoms with Gasteiger partial charge in [-0.15, -0.1) is 0 Å². The summed E-state index contributed by atoms with van der Waals surface area (Å²) in [6.45, 7) is 0. The molecule has 2 aromatic carbocycles. The van der Waals surface area contributed by atoms with E-state index in [0.717, 1.165) is 14.2 Å². The van der Waals surface area contributed by atoms with Crippen LogP contribution in [0.5, 0.6) is 0 Å². The molecule has 0 radical (unpaired) electrons. The van der Waals surface area contributed by atoms with Crippen molar-refractivity contribution in [2.24, 2.45) is 10.8 Å². The highest BCUT2D eigenvalue weighted by Crippen LogP contribution is 2.73. The molecule has 0 unspecified atom stereocenters. The van der Waals surface area contributed by atoms with Gasteiger partial charge in [0.25, 0.3) is 0 Å². The second kappa shape index (κ2) is 9.25. The number of fused-ring (bicyclic) bond motifs is 1. The second-order valence-corrected chi connectivity index (χ2v) is 8.84. The molecule has 4 rings (SSSR count). The third-order valence-electron chi connectivity index (χ3n) is 7.49. The molecule has 10 heteroatoms. The summed E-state index contributed by atoms with van der Waals surface area (Å²) in [5.41, 5.74) is -3.11. The minimum absolute atomic E-state index is 0.100. The maximum absolute atomic E-state index is 13.8. The zero-order valence-electron chi connectivity index (χ0n) is 20.2. The normalized spacial score (nSPS) is 28.3. The average molecular weight is 504 g/mol. The van der Waals surface area contributed by atoms with Crippen LogP contribution in [-0.4, -0.2) is 52.1 Å². The third-order valence-corrected chi connectivity index (χ3v) is 7.49. The quantitative estimate of drug-likeness (QED) is 0.335. The van der Waals surface area contributed by atoms with Crippen LogP contribution in [0.3, 0.4) is 0 Å². The zero-order valence-corrected chi connectivity index (χ0v) is 20.2. The Balaban J connectivity index is 2.06. The smallest absolute Gasteiger partial charge is 0.328 e. The maximum Gasteiger partial charge on any atom is 0.328 e. The minimum atomic E-state index is -2.26.